The van der Waals surface area contributed by atoms with Crippen molar-refractivity contribution in [2.75, 3.05) is 0 Å². The minimum Gasteiger partial charge on any atom is -0.353 e. The fraction of sp³-hybridized carbons (Fsp3) is 0.316. The van der Waals surface area contributed by atoms with Crippen LogP contribution in [0.1, 0.15) is 31.9 Å². The van der Waals surface area contributed by atoms with Gasteiger partial charge in [-0.05, 0) is 62.6 Å². The van der Waals surface area contributed by atoms with Crippen LogP contribution < -0.4 is 5.32 Å². The SMILES string of the molecule is CC(Cc1ccc(Cl)cc1)NC(=O)C(C)(C)c1ccc(Cl)cc1. The number of halogens is 2. The number of hydrogen-bond acceptors (Lipinski definition) is 1. The molecule has 0 aromatic heterocycles. The molecule has 2 aromatic rings. The highest BCUT2D eigenvalue weighted by Gasteiger charge is 2.30. The molecule has 1 unspecified atom stereocenters. The lowest BCUT2D eigenvalue weighted by molar-refractivity contribution is -0.126. The molecule has 0 aliphatic carbocycles. The molecule has 1 amide bonds. The van der Waals surface area contributed by atoms with Gasteiger partial charge >= 0.3 is 0 Å². The minimum atomic E-state index is -0.612. The summed E-state index contributed by atoms with van der Waals surface area (Å²) in [6, 6.07) is 15.1. The molecule has 2 rings (SSSR count). The molecule has 0 bridgehead atoms. The standard InChI is InChI=1S/C19H21Cl2NO/c1-13(12-14-4-8-16(20)9-5-14)22-18(23)19(2,3)15-6-10-17(21)11-7-15/h4-11,13H,12H2,1-3H3,(H,22,23). The number of amides is 1. The molecular weight excluding hydrogens is 329 g/mol. The third-order valence-corrected chi connectivity index (χ3v) is 4.47. The first-order valence-corrected chi connectivity index (χ1v) is 8.36. The van der Waals surface area contributed by atoms with Crippen molar-refractivity contribution in [3.05, 3.63) is 69.7 Å². The molecule has 1 atom stereocenters. The van der Waals surface area contributed by atoms with Crippen molar-refractivity contribution >= 4 is 29.1 Å². The summed E-state index contributed by atoms with van der Waals surface area (Å²) in [6.07, 6.45) is 0.763. The van der Waals surface area contributed by atoms with Crippen molar-refractivity contribution in [2.45, 2.75) is 38.6 Å². The number of benzene rings is 2. The molecular formula is C19H21Cl2NO. The minimum absolute atomic E-state index is 0.00119. The molecule has 1 N–H and O–H groups in total. The fourth-order valence-electron chi connectivity index (χ4n) is 2.43. The molecule has 0 saturated heterocycles. The topological polar surface area (TPSA) is 29.1 Å². The maximum Gasteiger partial charge on any atom is 0.230 e. The number of hydrogen-bond donors (Lipinski definition) is 1. The number of carbonyl (C=O) groups excluding carboxylic acids is 1. The van der Waals surface area contributed by atoms with E-state index in [0.29, 0.717) is 10.0 Å². The van der Waals surface area contributed by atoms with E-state index in [2.05, 4.69) is 5.32 Å². The summed E-state index contributed by atoms with van der Waals surface area (Å²) in [4.78, 5) is 12.6. The van der Waals surface area contributed by atoms with Gasteiger partial charge in [0, 0.05) is 16.1 Å². The number of rotatable bonds is 5. The summed E-state index contributed by atoms with van der Waals surface area (Å²) < 4.78 is 0. The van der Waals surface area contributed by atoms with E-state index in [4.69, 9.17) is 23.2 Å². The van der Waals surface area contributed by atoms with Crippen molar-refractivity contribution in [3.63, 3.8) is 0 Å². The first-order valence-electron chi connectivity index (χ1n) is 7.60. The zero-order chi connectivity index (χ0) is 17.0. The van der Waals surface area contributed by atoms with E-state index >= 15 is 0 Å². The molecule has 0 aliphatic rings. The van der Waals surface area contributed by atoms with E-state index in [-0.39, 0.29) is 11.9 Å². The number of nitrogens with one attached hydrogen (secondary N) is 1. The summed E-state index contributed by atoms with van der Waals surface area (Å²) in [5, 5.41) is 4.48. The van der Waals surface area contributed by atoms with Gasteiger partial charge in [-0.2, -0.15) is 0 Å². The maximum atomic E-state index is 12.6. The van der Waals surface area contributed by atoms with Crippen molar-refractivity contribution in [1.29, 1.82) is 0 Å². The first-order chi connectivity index (χ1) is 10.8. The smallest absolute Gasteiger partial charge is 0.230 e. The average Bonchev–Trinajstić information content (AvgIpc) is 2.50. The Labute approximate surface area is 147 Å². The molecule has 0 spiro atoms. The molecule has 0 radical (unpaired) electrons. The highest BCUT2D eigenvalue weighted by atomic mass is 35.5. The van der Waals surface area contributed by atoms with E-state index in [1.165, 1.54) is 0 Å². The Kier molecular flexibility index (Phi) is 5.72. The van der Waals surface area contributed by atoms with Crippen LogP contribution in [0, 0.1) is 0 Å². The second-order valence-corrected chi connectivity index (χ2v) is 7.21. The van der Waals surface area contributed by atoms with Crippen LogP contribution in [0.4, 0.5) is 0 Å². The van der Waals surface area contributed by atoms with Gasteiger partial charge in [0.05, 0.1) is 5.41 Å². The van der Waals surface area contributed by atoms with Gasteiger partial charge in [-0.15, -0.1) is 0 Å². The van der Waals surface area contributed by atoms with Crippen LogP contribution >= 0.6 is 23.2 Å². The van der Waals surface area contributed by atoms with Crippen LogP contribution in [0.15, 0.2) is 48.5 Å². The highest BCUT2D eigenvalue weighted by molar-refractivity contribution is 6.30. The first kappa shape index (κ1) is 17.8. The lowest BCUT2D eigenvalue weighted by Gasteiger charge is -2.26. The van der Waals surface area contributed by atoms with Crippen LogP contribution in [0.2, 0.25) is 10.0 Å². The molecule has 122 valence electrons. The van der Waals surface area contributed by atoms with E-state index in [1.807, 2.05) is 69.3 Å². The Hall–Kier alpha value is -1.51. The third-order valence-electron chi connectivity index (χ3n) is 3.97. The number of carbonyl (C=O) groups is 1. The van der Waals surface area contributed by atoms with Crippen molar-refractivity contribution in [2.24, 2.45) is 0 Å². The summed E-state index contributed by atoms with van der Waals surface area (Å²) in [5.41, 5.74) is 1.48. The third kappa shape index (κ3) is 4.73. The van der Waals surface area contributed by atoms with Crippen molar-refractivity contribution < 1.29 is 4.79 Å². The Morgan fingerprint density at radius 1 is 1.00 bits per heavy atom. The van der Waals surface area contributed by atoms with Crippen LogP contribution in [0.25, 0.3) is 0 Å². The van der Waals surface area contributed by atoms with Crippen LogP contribution in [-0.2, 0) is 16.6 Å². The molecule has 0 aliphatic heterocycles. The van der Waals surface area contributed by atoms with E-state index in [9.17, 15) is 4.79 Å². The van der Waals surface area contributed by atoms with Crippen LogP contribution in [0.5, 0.6) is 0 Å². The molecule has 0 saturated carbocycles. The van der Waals surface area contributed by atoms with Crippen molar-refractivity contribution in [3.8, 4) is 0 Å². The molecule has 2 aromatic carbocycles. The van der Waals surface area contributed by atoms with Crippen molar-refractivity contribution in [1.82, 2.24) is 5.32 Å². The average molecular weight is 350 g/mol. The molecule has 0 heterocycles. The van der Waals surface area contributed by atoms with Crippen LogP contribution in [-0.4, -0.2) is 11.9 Å². The zero-order valence-electron chi connectivity index (χ0n) is 13.6. The second kappa shape index (κ2) is 7.37. The van der Waals surface area contributed by atoms with Gasteiger partial charge in [0.1, 0.15) is 0 Å². The Balaban J connectivity index is 2.01. The van der Waals surface area contributed by atoms with Gasteiger partial charge in [-0.1, -0.05) is 47.5 Å². The van der Waals surface area contributed by atoms with Crippen LogP contribution in [0.3, 0.4) is 0 Å². The van der Waals surface area contributed by atoms with Gasteiger partial charge in [0.2, 0.25) is 5.91 Å². The molecule has 2 nitrogen and oxygen atoms in total. The predicted octanol–water partition coefficient (Wildman–Crippen LogP) is 5.02. The lowest BCUT2D eigenvalue weighted by Crippen LogP contribution is -2.44. The van der Waals surface area contributed by atoms with E-state index in [0.717, 1.165) is 17.5 Å². The normalized spacial score (nSPS) is 12.7. The molecule has 0 fully saturated rings. The Bertz CT molecular complexity index is 663. The second-order valence-electron chi connectivity index (χ2n) is 6.34. The van der Waals surface area contributed by atoms with E-state index < -0.39 is 5.41 Å². The monoisotopic (exact) mass is 349 g/mol. The Morgan fingerprint density at radius 3 is 2.00 bits per heavy atom. The van der Waals surface area contributed by atoms with Gasteiger partial charge in [0.25, 0.3) is 0 Å². The summed E-state index contributed by atoms with van der Waals surface area (Å²) in [5.74, 6) is 0.00119. The van der Waals surface area contributed by atoms with Gasteiger partial charge in [-0.25, -0.2) is 0 Å². The van der Waals surface area contributed by atoms with Gasteiger partial charge in [0.15, 0.2) is 0 Å². The quantitative estimate of drug-likeness (QED) is 0.806. The molecule has 23 heavy (non-hydrogen) atoms. The van der Waals surface area contributed by atoms with Gasteiger partial charge < -0.3 is 5.32 Å². The largest absolute Gasteiger partial charge is 0.353 e. The van der Waals surface area contributed by atoms with E-state index in [1.54, 1.807) is 0 Å². The fourth-order valence-corrected chi connectivity index (χ4v) is 2.68. The van der Waals surface area contributed by atoms with Gasteiger partial charge in [-0.3, -0.25) is 4.79 Å². The predicted molar refractivity (Wildman–Crippen MR) is 97.2 cm³/mol. The summed E-state index contributed by atoms with van der Waals surface area (Å²) >= 11 is 11.8. The maximum absolute atomic E-state index is 12.6. The molecule has 4 heteroatoms. The lowest BCUT2D eigenvalue weighted by atomic mass is 9.83. The summed E-state index contributed by atoms with van der Waals surface area (Å²) in [7, 11) is 0. The zero-order valence-corrected chi connectivity index (χ0v) is 15.1. The summed E-state index contributed by atoms with van der Waals surface area (Å²) in [6.45, 7) is 5.84. The Morgan fingerprint density at radius 2 is 1.48 bits per heavy atom. The highest BCUT2D eigenvalue weighted by Crippen LogP contribution is 2.25.